The summed E-state index contributed by atoms with van der Waals surface area (Å²) < 4.78 is 0. The zero-order valence-electron chi connectivity index (χ0n) is 37.6. The fourth-order valence-electron chi connectivity index (χ4n) is 7.93. The molecule has 2 nitrogen and oxygen atoms in total. The van der Waals surface area contributed by atoms with Gasteiger partial charge in [-0.25, -0.2) is 0 Å². The first-order valence-electron chi connectivity index (χ1n) is 20.9. The molecule has 0 saturated carbocycles. The molecule has 0 heterocycles. The molecule has 0 saturated heterocycles. The Morgan fingerprint density at radius 1 is 0.362 bits per heavy atom. The Labute approximate surface area is 355 Å². The highest BCUT2D eigenvalue weighted by Crippen LogP contribution is 2.52. The van der Waals surface area contributed by atoms with Crippen molar-refractivity contribution in [2.75, 3.05) is 9.80 Å². The van der Waals surface area contributed by atoms with E-state index in [9.17, 15) is 0 Å². The fraction of sp³-hybridized carbons (Fsp3) is 0.345. The third kappa shape index (κ3) is 8.79. The highest BCUT2D eigenvalue weighted by atomic mass is 35.5. The highest BCUT2D eigenvalue weighted by Gasteiger charge is 2.40. The van der Waals surface area contributed by atoms with Crippen LogP contribution in [0.15, 0.2) is 140 Å². The molecule has 0 amide bonds. The molecule has 0 aliphatic heterocycles. The number of anilines is 5. The van der Waals surface area contributed by atoms with Crippen LogP contribution in [0.2, 0.25) is 5.02 Å². The van der Waals surface area contributed by atoms with Gasteiger partial charge in [-0.2, -0.15) is 0 Å². The van der Waals surface area contributed by atoms with Crippen LogP contribution in [0.1, 0.15) is 129 Å². The van der Waals surface area contributed by atoms with E-state index in [1.54, 1.807) is 0 Å². The van der Waals surface area contributed by atoms with Crippen molar-refractivity contribution in [2.24, 2.45) is 0 Å². The minimum atomic E-state index is -0.684. The van der Waals surface area contributed by atoms with E-state index in [2.05, 4.69) is 246 Å². The van der Waals surface area contributed by atoms with E-state index in [1.807, 2.05) is 0 Å². The van der Waals surface area contributed by atoms with E-state index < -0.39 is 5.54 Å². The first kappa shape index (κ1) is 42.8. The number of nitrogens with zero attached hydrogens (tertiary/aromatic N) is 2. The SMILES string of the molecule is Cc1cc(N(c2cccc(C(C)(C)C)c2)c2cccc(C(C)(C)C)c2)c(Cl)c(N(c2cccc(C(C)(C)C)c2)C(C)(c2ccccc2)c2cccc(C(C)(C)C)c2)c1. The number of halogens is 1. The summed E-state index contributed by atoms with van der Waals surface area (Å²) in [7, 11) is 0. The molecular weight excluding hydrogens is 724 g/mol. The van der Waals surface area contributed by atoms with Gasteiger partial charge in [-0.3, -0.25) is 0 Å². The van der Waals surface area contributed by atoms with E-state index in [-0.39, 0.29) is 21.7 Å². The predicted octanol–water partition coefficient (Wildman–Crippen LogP) is 16.4. The minimum Gasteiger partial charge on any atom is -0.326 e. The van der Waals surface area contributed by atoms with Crippen LogP contribution in [0.5, 0.6) is 0 Å². The fourth-order valence-corrected chi connectivity index (χ4v) is 8.21. The van der Waals surface area contributed by atoms with Gasteiger partial charge < -0.3 is 9.80 Å². The largest absolute Gasteiger partial charge is 0.326 e. The van der Waals surface area contributed by atoms with Gasteiger partial charge in [0.15, 0.2) is 0 Å². The van der Waals surface area contributed by atoms with E-state index in [4.69, 9.17) is 11.6 Å². The normalized spacial score (nSPS) is 13.6. The lowest BCUT2D eigenvalue weighted by Gasteiger charge is -2.45. The summed E-state index contributed by atoms with van der Waals surface area (Å²) >= 11 is 8.11. The van der Waals surface area contributed by atoms with Crippen LogP contribution >= 0.6 is 11.6 Å². The van der Waals surface area contributed by atoms with Crippen molar-refractivity contribution in [3.05, 3.63) is 183 Å². The summed E-state index contributed by atoms with van der Waals surface area (Å²) in [4.78, 5) is 4.88. The number of benzene rings is 6. The zero-order chi connectivity index (χ0) is 42.4. The smallest absolute Gasteiger partial charge is 0.0927 e. The van der Waals surface area contributed by atoms with Crippen LogP contribution in [0.4, 0.5) is 28.4 Å². The summed E-state index contributed by atoms with van der Waals surface area (Å²) in [5.41, 5.74) is 12.8. The molecule has 0 aliphatic carbocycles. The van der Waals surface area contributed by atoms with Crippen molar-refractivity contribution >= 4 is 40.0 Å². The van der Waals surface area contributed by atoms with Gasteiger partial charge in [0.25, 0.3) is 0 Å². The van der Waals surface area contributed by atoms with Crippen molar-refractivity contribution in [1.29, 1.82) is 0 Å². The van der Waals surface area contributed by atoms with Crippen LogP contribution in [-0.2, 0) is 27.2 Å². The number of hydrogen-bond donors (Lipinski definition) is 0. The second-order valence-electron chi connectivity index (χ2n) is 20.5. The van der Waals surface area contributed by atoms with Gasteiger partial charge in [0.1, 0.15) is 0 Å². The maximum absolute atomic E-state index is 8.11. The molecule has 0 aromatic heterocycles. The van der Waals surface area contributed by atoms with Gasteiger partial charge in [0.2, 0.25) is 0 Å². The zero-order valence-corrected chi connectivity index (χ0v) is 38.3. The summed E-state index contributed by atoms with van der Waals surface area (Å²) in [6.45, 7) is 31.9. The van der Waals surface area contributed by atoms with E-state index in [1.165, 1.54) is 33.4 Å². The van der Waals surface area contributed by atoms with Crippen LogP contribution in [0.25, 0.3) is 0 Å². The Hall–Kier alpha value is -4.79. The molecular formula is C55H65ClN2. The maximum Gasteiger partial charge on any atom is 0.0927 e. The van der Waals surface area contributed by atoms with Gasteiger partial charge >= 0.3 is 0 Å². The second kappa shape index (κ2) is 15.8. The number of hydrogen-bond acceptors (Lipinski definition) is 2. The molecule has 6 rings (SSSR count). The van der Waals surface area contributed by atoms with Gasteiger partial charge in [0.05, 0.1) is 21.9 Å². The summed E-state index contributed by atoms with van der Waals surface area (Å²) in [5, 5.41) is 0.684. The van der Waals surface area contributed by atoms with Crippen molar-refractivity contribution < 1.29 is 0 Å². The topological polar surface area (TPSA) is 6.48 Å². The third-order valence-corrected chi connectivity index (χ3v) is 12.0. The molecule has 302 valence electrons. The Morgan fingerprint density at radius 3 is 1.19 bits per heavy atom. The average Bonchev–Trinajstić information content (AvgIpc) is 3.16. The maximum atomic E-state index is 8.11. The van der Waals surface area contributed by atoms with Crippen molar-refractivity contribution in [3.8, 4) is 0 Å². The first-order chi connectivity index (χ1) is 27.0. The lowest BCUT2D eigenvalue weighted by atomic mass is 9.78. The standard InChI is InChI=1S/C55H65ClN2/c1-38-32-48(57(45-29-19-25-41(35-45)52(5,6)7)46-30-20-26-42(36-46)53(8,9)10)50(56)49(33-38)58(47-31-21-27-43(37-47)54(11,12)13)55(14,39-22-16-15-17-23-39)44-28-18-24-40(34-44)51(2,3)4/h15-37H,1-14H3. The Bertz CT molecular complexity index is 2320. The van der Waals surface area contributed by atoms with Crippen LogP contribution < -0.4 is 9.80 Å². The molecule has 0 bridgehead atoms. The predicted molar refractivity (Wildman–Crippen MR) is 254 cm³/mol. The molecule has 1 unspecified atom stereocenters. The molecule has 0 radical (unpaired) electrons. The monoisotopic (exact) mass is 788 g/mol. The number of rotatable bonds is 8. The summed E-state index contributed by atoms with van der Waals surface area (Å²) in [5.74, 6) is 0. The second-order valence-corrected chi connectivity index (χ2v) is 20.8. The highest BCUT2D eigenvalue weighted by molar-refractivity contribution is 6.36. The van der Waals surface area contributed by atoms with Gasteiger partial charge in [-0.15, -0.1) is 0 Å². The van der Waals surface area contributed by atoms with Crippen LogP contribution in [-0.4, -0.2) is 0 Å². The molecule has 0 fully saturated rings. The third-order valence-electron chi connectivity index (χ3n) is 11.6. The molecule has 6 aromatic carbocycles. The van der Waals surface area contributed by atoms with Crippen LogP contribution in [0, 0.1) is 6.92 Å². The molecule has 6 aromatic rings. The molecule has 0 spiro atoms. The van der Waals surface area contributed by atoms with Gasteiger partial charge in [0, 0.05) is 17.1 Å². The van der Waals surface area contributed by atoms with Gasteiger partial charge in [-0.05, 0) is 123 Å². The average molecular weight is 790 g/mol. The van der Waals surface area contributed by atoms with Crippen molar-refractivity contribution in [2.45, 2.75) is 124 Å². The van der Waals surface area contributed by atoms with Gasteiger partial charge in [-0.1, -0.05) is 186 Å². The Kier molecular flexibility index (Phi) is 11.6. The Balaban J connectivity index is 1.74. The number of aryl methyl sites for hydroxylation is 1. The first-order valence-corrected chi connectivity index (χ1v) is 21.3. The summed E-state index contributed by atoms with van der Waals surface area (Å²) in [6.07, 6.45) is 0. The van der Waals surface area contributed by atoms with E-state index >= 15 is 0 Å². The van der Waals surface area contributed by atoms with Crippen molar-refractivity contribution in [3.63, 3.8) is 0 Å². The van der Waals surface area contributed by atoms with E-state index in [0.29, 0.717) is 5.02 Å². The molecule has 1 atom stereocenters. The van der Waals surface area contributed by atoms with Crippen LogP contribution in [0.3, 0.4) is 0 Å². The molecule has 58 heavy (non-hydrogen) atoms. The lowest BCUT2D eigenvalue weighted by Crippen LogP contribution is -2.42. The molecule has 0 aliphatic rings. The summed E-state index contributed by atoms with van der Waals surface area (Å²) in [6, 6.07) is 51.6. The minimum absolute atomic E-state index is 0.0372. The van der Waals surface area contributed by atoms with E-state index in [0.717, 1.165) is 34.0 Å². The lowest BCUT2D eigenvalue weighted by molar-refractivity contribution is 0.562. The molecule has 0 N–H and O–H groups in total. The van der Waals surface area contributed by atoms with Crippen molar-refractivity contribution in [1.82, 2.24) is 0 Å². The molecule has 3 heteroatoms. The quantitative estimate of drug-likeness (QED) is 0.152. The Morgan fingerprint density at radius 2 is 0.724 bits per heavy atom.